The largest absolute Gasteiger partial charge is 0.356 e. The van der Waals surface area contributed by atoms with E-state index >= 15 is 0 Å². The van der Waals surface area contributed by atoms with Gasteiger partial charge in [0, 0.05) is 12.8 Å². The van der Waals surface area contributed by atoms with Crippen molar-refractivity contribution in [2.75, 3.05) is 6.54 Å². The number of hydrogen-bond acceptors (Lipinski definition) is 2. The van der Waals surface area contributed by atoms with Gasteiger partial charge in [0.05, 0.1) is 5.92 Å². The molecule has 1 unspecified atom stereocenters. The van der Waals surface area contributed by atoms with Gasteiger partial charge in [-0.25, -0.2) is 0 Å². The van der Waals surface area contributed by atoms with Crippen molar-refractivity contribution in [1.82, 2.24) is 5.32 Å². The van der Waals surface area contributed by atoms with Crippen LogP contribution in [0.3, 0.4) is 0 Å². The quantitative estimate of drug-likeness (QED) is 0.452. The van der Waals surface area contributed by atoms with Crippen LogP contribution in [0.25, 0.3) is 0 Å². The van der Waals surface area contributed by atoms with Crippen molar-refractivity contribution in [1.29, 1.82) is 5.41 Å². The lowest BCUT2D eigenvalue weighted by Gasteiger charge is -1.91. The average Bonchev–Trinajstić information content (AvgIpc) is 2.14. The van der Waals surface area contributed by atoms with E-state index in [1.807, 2.05) is 0 Å². The van der Waals surface area contributed by atoms with E-state index in [1.165, 1.54) is 6.21 Å². The molecule has 1 heterocycles. The van der Waals surface area contributed by atoms with Crippen LogP contribution in [0.15, 0.2) is 0 Å². The van der Waals surface area contributed by atoms with Crippen molar-refractivity contribution < 1.29 is 4.79 Å². The van der Waals surface area contributed by atoms with E-state index in [9.17, 15) is 4.79 Å². The standard InChI is InChI=1S/C5H8N2O/c6-3-4-1-2-7-5(4)8/h3-4,6H,1-2H2,(H,7,8). The zero-order chi connectivity index (χ0) is 5.98. The van der Waals surface area contributed by atoms with Gasteiger partial charge in [0.1, 0.15) is 0 Å². The van der Waals surface area contributed by atoms with Gasteiger partial charge in [0.25, 0.3) is 0 Å². The highest BCUT2D eigenvalue weighted by Gasteiger charge is 2.20. The van der Waals surface area contributed by atoms with Gasteiger partial charge in [-0.3, -0.25) is 4.79 Å². The number of carbonyl (C=O) groups is 1. The summed E-state index contributed by atoms with van der Waals surface area (Å²) in [5, 5.41) is 9.37. The summed E-state index contributed by atoms with van der Waals surface area (Å²) in [7, 11) is 0. The summed E-state index contributed by atoms with van der Waals surface area (Å²) < 4.78 is 0. The van der Waals surface area contributed by atoms with E-state index in [4.69, 9.17) is 5.41 Å². The Balaban J connectivity index is 2.54. The summed E-state index contributed by atoms with van der Waals surface area (Å²) in [4.78, 5) is 10.5. The molecule has 0 bridgehead atoms. The fraction of sp³-hybridized carbons (Fsp3) is 0.600. The lowest BCUT2D eigenvalue weighted by molar-refractivity contribution is -0.120. The minimum atomic E-state index is -0.144. The van der Waals surface area contributed by atoms with Crippen molar-refractivity contribution in [3.63, 3.8) is 0 Å². The van der Waals surface area contributed by atoms with Gasteiger partial charge in [0.2, 0.25) is 5.91 Å². The number of carbonyl (C=O) groups excluding carboxylic acids is 1. The molecule has 0 aromatic carbocycles. The second kappa shape index (κ2) is 1.94. The van der Waals surface area contributed by atoms with E-state index in [0.29, 0.717) is 0 Å². The van der Waals surface area contributed by atoms with Crippen LogP contribution in [-0.2, 0) is 4.79 Å². The smallest absolute Gasteiger partial charge is 0.228 e. The zero-order valence-electron chi connectivity index (χ0n) is 4.48. The molecule has 3 heteroatoms. The van der Waals surface area contributed by atoms with E-state index < -0.39 is 0 Å². The molecule has 1 atom stereocenters. The van der Waals surface area contributed by atoms with Crippen LogP contribution in [0.1, 0.15) is 6.42 Å². The molecule has 3 nitrogen and oxygen atoms in total. The van der Waals surface area contributed by atoms with Crippen LogP contribution in [0, 0.1) is 11.3 Å². The summed E-state index contributed by atoms with van der Waals surface area (Å²) in [5.41, 5.74) is 0. The topological polar surface area (TPSA) is 53.0 Å². The van der Waals surface area contributed by atoms with Crippen LogP contribution in [0.4, 0.5) is 0 Å². The molecule has 0 spiro atoms. The first-order valence-electron chi connectivity index (χ1n) is 2.63. The molecule has 0 aromatic rings. The van der Waals surface area contributed by atoms with E-state index in [1.54, 1.807) is 0 Å². The van der Waals surface area contributed by atoms with Crippen molar-refractivity contribution in [2.45, 2.75) is 6.42 Å². The molecular formula is C5H8N2O. The first kappa shape index (κ1) is 5.28. The van der Waals surface area contributed by atoms with Crippen molar-refractivity contribution in [3.8, 4) is 0 Å². The van der Waals surface area contributed by atoms with E-state index in [2.05, 4.69) is 5.32 Å². The van der Waals surface area contributed by atoms with Crippen molar-refractivity contribution >= 4 is 12.1 Å². The summed E-state index contributed by atoms with van der Waals surface area (Å²) >= 11 is 0. The number of amides is 1. The monoisotopic (exact) mass is 112 g/mol. The first-order chi connectivity index (χ1) is 3.84. The SMILES string of the molecule is N=CC1CCNC1=O. The molecule has 1 amide bonds. The predicted molar refractivity (Wildman–Crippen MR) is 29.9 cm³/mol. The van der Waals surface area contributed by atoms with Gasteiger partial charge in [-0.15, -0.1) is 0 Å². The van der Waals surface area contributed by atoms with Gasteiger partial charge >= 0.3 is 0 Å². The minimum absolute atomic E-state index is 0.000000000000000222. The van der Waals surface area contributed by atoms with E-state index in [0.717, 1.165) is 13.0 Å². The number of rotatable bonds is 1. The van der Waals surface area contributed by atoms with Crippen molar-refractivity contribution in [2.24, 2.45) is 5.92 Å². The molecule has 1 aliphatic heterocycles. The van der Waals surface area contributed by atoms with Crippen LogP contribution in [0.5, 0.6) is 0 Å². The second-order valence-electron chi connectivity index (χ2n) is 1.85. The average molecular weight is 112 g/mol. The Hall–Kier alpha value is -0.860. The van der Waals surface area contributed by atoms with Gasteiger partial charge in [-0.1, -0.05) is 0 Å². The fourth-order valence-electron chi connectivity index (χ4n) is 0.772. The maximum atomic E-state index is 10.5. The van der Waals surface area contributed by atoms with Gasteiger partial charge < -0.3 is 10.7 Å². The molecule has 0 aliphatic carbocycles. The summed E-state index contributed by atoms with van der Waals surface area (Å²) in [6, 6.07) is 0. The van der Waals surface area contributed by atoms with Gasteiger partial charge in [-0.2, -0.15) is 0 Å². The third kappa shape index (κ3) is 0.710. The maximum absolute atomic E-state index is 10.5. The Morgan fingerprint density at radius 1 is 1.88 bits per heavy atom. The Bertz CT molecular complexity index is 122. The Labute approximate surface area is 47.6 Å². The Morgan fingerprint density at radius 3 is 2.88 bits per heavy atom. The molecule has 1 fully saturated rings. The van der Waals surface area contributed by atoms with Gasteiger partial charge in [0.15, 0.2) is 0 Å². The maximum Gasteiger partial charge on any atom is 0.228 e. The molecule has 0 aromatic heterocycles. The molecule has 1 aliphatic rings. The summed E-state index contributed by atoms with van der Waals surface area (Å²) in [6.45, 7) is 0.735. The van der Waals surface area contributed by atoms with Crippen LogP contribution in [-0.4, -0.2) is 18.7 Å². The molecular weight excluding hydrogens is 104 g/mol. The Morgan fingerprint density at radius 2 is 2.62 bits per heavy atom. The lowest BCUT2D eigenvalue weighted by Crippen LogP contribution is -2.19. The summed E-state index contributed by atoms with van der Waals surface area (Å²) in [6.07, 6.45) is 1.99. The highest BCUT2D eigenvalue weighted by molar-refractivity contribution is 5.93. The molecule has 44 valence electrons. The normalized spacial score (nSPS) is 27.5. The molecule has 0 radical (unpaired) electrons. The highest BCUT2D eigenvalue weighted by atomic mass is 16.2. The first-order valence-corrected chi connectivity index (χ1v) is 2.63. The molecule has 1 rings (SSSR count). The third-order valence-corrected chi connectivity index (χ3v) is 1.29. The van der Waals surface area contributed by atoms with Crippen LogP contribution < -0.4 is 5.32 Å². The second-order valence-corrected chi connectivity index (χ2v) is 1.85. The minimum Gasteiger partial charge on any atom is -0.356 e. The molecule has 1 saturated heterocycles. The lowest BCUT2D eigenvalue weighted by atomic mass is 10.1. The highest BCUT2D eigenvalue weighted by Crippen LogP contribution is 2.04. The Kier molecular flexibility index (Phi) is 1.28. The third-order valence-electron chi connectivity index (χ3n) is 1.29. The zero-order valence-corrected chi connectivity index (χ0v) is 4.48. The number of hydrogen-bond donors (Lipinski definition) is 2. The van der Waals surface area contributed by atoms with Crippen LogP contribution in [0.2, 0.25) is 0 Å². The van der Waals surface area contributed by atoms with E-state index in [-0.39, 0.29) is 11.8 Å². The fourth-order valence-corrected chi connectivity index (χ4v) is 0.772. The summed E-state index contributed by atoms with van der Waals surface area (Å²) in [5.74, 6) is -0.144. The predicted octanol–water partition coefficient (Wildman–Crippen LogP) is -0.228. The number of nitrogens with one attached hydrogen (secondary N) is 2. The molecule has 2 N–H and O–H groups in total. The van der Waals surface area contributed by atoms with Crippen molar-refractivity contribution in [3.05, 3.63) is 0 Å². The molecule has 0 saturated carbocycles. The van der Waals surface area contributed by atoms with Crippen LogP contribution >= 0.6 is 0 Å². The molecule has 8 heavy (non-hydrogen) atoms. The van der Waals surface area contributed by atoms with Gasteiger partial charge in [-0.05, 0) is 6.42 Å².